The van der Waals surface area contributed by atoms with E-state index in [1.807, 2.05) is 47.3 Å². The average Bonchev–Trinajstić information content (AvgIpc) is 3.26. The van der Waals surface area contributed by atoms with Crippen LogP contribution in [-0.4, -0.2) is 26.9 Å². The molecule has 1 heterocycles. The van der Waals surface area contributed by atoms with Gasteiger partial charge in [-0.15, -0.1) is 11.7 Å². The Morgan fingerprint density at radius 1 is 1.38 bits per heavy atom. The summed E-state index contributed by atoms with van der Waals surface area (Å²) in [5.74, 6) is 0.337. The van der Waals surface area contributed by atoms with Gasteiger partial charge in [-0.3, -0.25) is 9.48 Å². The van der Waals surface area contributed by atoms with Crippen molar-refractivity contribution in [3.63, 3.8) is 0 Å². The summed E-state index contributed by atoms with van der Waals surface area (Å²) in [5.41, 5.74) is 1.04. The third-order valence-corrected chi connectivity index (χ3v) is 4.80. The Morgan fingerprint density at radius 2 is 2.21 bits per heavy atom. The molecule has 126 valence electrons. The van der Waals surface area contributed by atoms with Gasteiger partial charge in [-0.05, 0) is 30.7 Å². The molecule has 3 atom stereocenters. The predicted molar refractivity (Wildman–Crippen MR) is 93.3 cm³/mol. The maximum Gasteiger partial charge on any atom is 0.228 e. The fraction of sp³-hybridized carbons (Fsp3) is 0.421. The van der Waals surface area contributed by atoms with Crippen molar-refractivity contribution >= 4 is 5.91 Å². The van der Waals surface area contributed by atoms with Gasteiger partial charge in [-0.25, -0.2) is 0 Å². The van der Waals surface area contributed by atoms with Crippen LogP contribution in [0.4, 0.5) is 0 Å². The molecule has 0 bridgehead atoms. The summed E-state index contributed by atoms with van der Waals surface area (Å²) < 4.78 is 1.85. The smallest absolute Gasteiger partial charge is 0.228 e. The molecule has 5 nitrogen and oxygen atoms in total. The summed E-state index contributed by atoms with van der Waals surface area (Å²) >= 11 is 0. The Kier molecular flexibility index (Phi) is 5.41. The highest BCUT2D eigenvalue weighted by Crippen LogP contribution is 2.28. The highest BCUT2D eigenvalue weighted by Gasteiger charge is 2.31. The lowest BCUT2D eigenvalue weighted by Crippen LogP contribution is -2.41. The van der Waals surface area contributed by atoms with Gasteiger partial charge in [0.2, 0.25) is 5.91 Å². The van der Waals surface area contributed by atoms with Crippen molar-refractivity contribution in [2.45, 2.75) is 44.2 Å². The first-order chi connectivity index (χ1) is 11.8. The molecule has 5 heteroatoms. The van der Waals surface area contributed by atoms with Crippen molar-refractivity contribution in [3.05, 3.63) is 60.9 Å². The molecule has 1 unspecified atom stereocenters. The first-order valence-electron chi connectivity index (χ1n) is 8.58. The van der Waals surface area contributed by atoms with E-state index in [1.54, 1.807) is 6.20 Å². The van der Waals surface area contributed by atoms with E-state index in [4.69, 9.17) is 0 Å². The van der Waals surface area contributed by atoms with E-state index in [2.05, 4.69) is 22.2 Å². The maximum absolute atomic E-state index is 12.8. The van der Waals surface area contributed by atoms with Gasteiger partial charge in [0, 0.05) is 18.8 Å². The minimum atomic E-state index is -0.170. The topological polar surface area (TPSA) is 59.8 Å². The lowest BCUT2D eigenvalue weighted by atomic mass is 9.93. The van der Waals surface area contributed by atoms with Gasteiger partial charge in [0.1, 0.15) is 0 Å². The molecule has 24 heavy (non-hydrogen) atoms. The predicted octanol–water partition coefficient (Wildman–Crippen LogP) is 2.92. The summed E-state index contributed by atoms with van der Waals surface area (Å²) in [6, 6.07) is 10.1. The van der Waals surface area contributed by atoms with Crippen LogP contribution in [0.5, 0.6) is 0 Å². The first-order valence-corrected chi connectivity index (χ1v) is 8.58. The zero-order valence-corrected chi connectivity index (χ0v) is 13.8. The molecular weight excluding hydrogens is 300 g/mol. The first kappa shape index (κ1) is 16.4. The number of hydrogen-bond donors (Lipinski definition) is 1. The van der Waals surface area contributed by atoms with Crippen LogP contribution in [0.15, 0.2) is 55.4 Å². The van der Waals surface area contributed by atoms with Crippen molar-refractivity contribution in [2.75, 3.05) is 0 Å². The maximum atomic E-state index is 12.8. The summed E-state index contributed by atoms with van der Waals surface area (Å²) in [5, 5.41) is 11.2. The summed E-state index contributed by atoms with van der Waals surface area (Å²) in [6.07, 6.45) is 9.32. The van der Waals surface area contributed by atoms with Gasteiger partial charge in [0.05, 0.1) is 12.1 Å². The highest BCUT2D eigenvalue weighted by molar-refractivity contribution is 5.84. The van der Waals surface area contributed by atoms with E-state index in [0.717, 1.165) is 31.4 Å². The molecule has 1 fully saturated rings. The van der Waals surface area contributed by atoms with Crippen LogP contribution < -0.4 is 5.32 Å². The van der Waals surface area contributed by atoms with E-state index >= 15 is 0 Å². The quantitative estimate of drug-likeness (QED) is 0.797. The van der Waals surface area contributed by atoms with Crippen molar-refractivity contribution < 1.29 is 4.79 Å². The normalized spacial score (nSPS) is 21.3. The Hall–Kier alpha value is -2.43. The second-order valence-corrected chi connectivity index (χ2v) is 6.42. The monoisotopic (exact) mass is 324 g/mol. The van der Waals surface area contributed by atoms with Crippen molar-refractivity contribution in [1.29, 1.82) is 0 Å². The van der Waals surface area contributed by atoms with Gasteiger partial charge in [0.25, 0.3) is 0 Å². The number of nitrogens with one attached hydrogen (secondary N) is 1. The number of rotatable bonds is 7. The van der Waals surface area contributed by atoms with Crippen LogP contribution in [0.25, 0.3) is 0 Å². The third kappa shape index (κ3) is 3.91. The molecule has 1 amide bonds. The number of hydrogen-bond acceptors (Lipinski definition) is 3. The minimum absolute atomic E-state index is 0.0941. The molecule has 0 aliphatic heterocycles. The largest absolute Gasteiger partial charge is 0.352 e. The zero-order chi connectivity index (χ0) is 16.8. The molecule has 1 saturated carbocycles. The molecular formula is C19H24N4O. The molecule has 0 saturated heterocycles. The standard InChI is InChI=1S/C19H24N4O/c1-2-7-17(15-8-4-3-5-9-15)19(24)21-18-11-6-10-16(18)14-23-13-12-20-22-23/h2-5,8-9,12-13,16-18H,1,6-7,10-11,14H2,(H,21,24)/t16-,17?,18-/m1/s1. The average molecular weight is 324 g/mol. The van der Waals surface area contributed by atoms with Crippen molar-refractivity contribution in [3.8, 4) is 0 Å². The van der Waals surface area contributed by atoms with Crippen LogP contribution in [0.2, 0.25) is 0 Å². The van der Waals surface area contributed by atoms with Gasteiger partial charge in [0.15, 0.2) is 0 Å². The molecule has 1 aromatic heterocycles. The van der Waals surface area contributed by atoms with E-state index in [1.165, 1.54) is 0 Å². The van der Waals surface area contributed by atoms with Crippen molar-refractivity contribution in [1.82, 2.24) is 20.3 Å². The van der Waals surface area contributed by atoms with Crippen LogP contribution >= 0.6 is 0 Å². The Labute approximate surface area is 142 Å². The lowest BCUT2D eigenvalue weighted by Gasteiger charge is -2.24. The van der Waals surface area contributed by atoms with Gasteiger partial charge in [-0.1, -0.05) is 48.0 Å². The zero-order valence-electron chi connectivity index (χ0n) is 13.8. The second kappa shape index (κ2) is 7.90. The van der Waals surface area contributed by atoms with Crippen LogP contribution in [0.1, 0.15) is 37.2 Å². The van der Waals surface area contributed by atoms with E-state index < -0.39 is 0 Å². The summed E-state index contributed by atoms with van der Waals surface area (Å²) in [7, 11) is 0. The van der Waals surface area contributed by atoms with Crippen molar-refractivity contribution in [2.24, 2.45) is 5.92 Å². The van der Waals surface area contributed by atoms with E-state index in [0.29, 0.717) is 12.3 Å². The lowest BCUT2D eigenvalue weighted by molar-refractivity contribution is -0.123. The number of carbonyl (C=O) groups is 1. The number of aromatic nitrogens is 3. The minimum Gasteiger partial charge on any atom is -0.352 e. The summed E-state index contributed by atoms with van der Waals surface area (Å²) in [6.45, 7) is 4.61. The molecule has 1 aromatic carbocycles. The summed E-state index contributed by atoms with van der Waals surface area (Å²) in [4.78, 5) is 12.8. The van der Waals surface area contributed by atoms with Crippen LogP contribution in [-0.2, 0) is 11.3 Å². The molecule has 3 rings (SSSR count). The molecule has 1 aliphatic carbocycles. The Morgan fingerprint density at radius 3 is 2.92 bits per heavy atom. The van der Waals surface area contributed by atoms with Crippen LogP contribution in [0.3, 0.4) is 0 Å². The van der Waals surface area contributed by atoms with E-state index in [-0.39, 0.29) is 17.9 Å². The highest BCUT2D eigenvalue weighted by atomic mass is 16.1. The molecule has 1 aliphatic rings. The molecule has 1 N–H and O–H groups in total. The Bertz CT molecular complexity index is 653. The fourth-order valence-electron chi connectivity index (χ4n) is 3.55. The fourth-order valence-corrected chi connectivity index (χ4v) is 3.55. The SMILES string of the molecule is C=CCC(C(=O)N[C@@H]1CCC[C@@H]1Cn1ccnn1)c1ccccc1. The van der Waals surface area contributed by atoms with Gasteiger partial charge < -0.3 is 5.32 Å². The number of amides is 1. The van der Waals surface area contributed by atoms with Crippen LogP contribution in [0, 0.1) is 5.92 Å². The molecule has 0 radical (unpaired) electrons. The number of allylic oxidation sites excluding steroid dienone is 1. The van der Waals surface area contributed by atoms with Gasteiger partial charge in [-0.2, -0.15) is 0 Å². The Balaban J connectivity index is 1.66. The van der Waals surface area contributed by atoms with E-state index in [9.17, 15) is 4.79 Å². The number of carbonyl (C=O) groups excluding carboxylic acids is 1. The molecule has 2 aromatic rings. The third-order valence-electron chi connectivity index (χ3n) is 4.80. The van der Waals surface area contributed by atoms with Gasteiger partial charge >= 0.3 is 0 Å². The molecule has 0 spiro atoms. The second-order valence-electron chi connectivity index (χ2n) is 6.42. The number of benzene rings is 1. The number of nitrogens with zero attached hydrogens (tertiary/aromatic N) is 3.